The van der Waals surface area contributed by atoms with Crippen LogP contribution in [0.2, 0.25) is 0 Å². The van der Waals surface area contributed by atoms with Crippen LogP contribution < -0.4 is 4.90 Å². The summed E-state index contributed by atoms with van der Waals surface area (Å²) in [5.74, 6) is -0.434. The number of anilines is 1. The molecule has 23 heavy (non-hydrogen) atoms. The number of esters is 1. The van der Waals surface area contributed by atoms with E-state index in [9.17, 15) is 9.59 Å². The van der Waals surface area contributed by atoms with Gasteiger partial charge in [-0.15, -0.1) is 0 Å². The van der Waals surface area contributed by atoms with Gasteiger partial charge in [0.1, 0.15) is 5.60 Å². The van der Waals surface area contributed by atoms with E-state index >= 15 is 0 Å². The summed E-state index contributed by atoms with van der Waals surface area (Å²) in [7, 11) is 1.33. The van der Waals surface area contributed by atoms with Crippen molar-refractivity contribution in [3.05, 3.63) is 30.3 Å². The quantitative estimate of drug-likeness (QED) is 0.783. The average Bonchev–Trinajstić information content (AvgIpc) is 2.52. The first kappa shape index (κ1) is 17.1. The maximum Gasteiger partial charge on any atom is 0.411 e. The fourth-order valence-corrected chi connectivity index (χ4v) is 2.53. The first-order valence-electron chi connectivity index (χ1n) is 7.69. The zero-order chi connectivity index (χ0) is 17.0. The minimum Gasteiger partial charge on any atom is -0.467 e. The molecular formula is C17H24N2O4. The van der Waals surface area contributed by atoms with Crippen LogP contribution in [-0.2, 0) is 14.3 Å². The standard InChI is InChI=1S/C17H24N2O4/c1-17(2,3)23-16(21)19-11-10-18(12-14(19)15(20)22-4)13-8-6-5-7-9-13/h5-9,14H,10-12H2,1-4H3/t14-/m1/s1. The second kappa shape index (κ2) is 6.89. The van der Waals surface area contributed by atoms with Crippen molar-refractivity contribution in [2.24, 2.45) is 0 Å². The fourth-order valence-electron chi connectivity index (χ4n) is 2.53. The van der Waals surface area contributed by atoms with Gasteiger partial charge in [0.05, 0.1) is 7.11 Å². The third-order valence-corrected chi connectivity index (χ3v) is 3.60. The van der Waals surface area contributed by atoms with Crippen LogP contribution in [0.15, 0.2) is 30.3 Å². The van der Waals surface area contributed by atoms with Crippen molar-refractivity contribution in [2.75, 3.05) is 31.6 Å². The molecule has 6 nitrogen and oxygen atoms in total. The van der Waals surface area contributed by atoms with Gasteiger partial charge in [0, 0.05) is 25.3 Å². The van der Waals surface area contributed by atoms with Crippen LogP contribution in [0.1, 0.15) is 20.8 Å². The number of nitrogens with zero attached hydrogens (tertiary/aromatic N) is 2. The van der Waals surface area contributed by atoms with E-state index in [2.05, 4.69) is 4.90 Å². The lowest BCUT2D eigenvalue weighted by atomic mass is 10.1. The Labute approximate surface area is 137 Å². The first-order chi connectivity index (χ1) is 10.8. The van der Waals surface area contributed by atoms with Gasteiger partial charge in [-0.3, -0.25) is 4.90 Å². The molecule has 0 aromatic heterocycles. The molecule has 1 aliphatic heterocycles. The topological polar surface area (TPSA) is 59.1 Å². The summed E-state index contributed by atoms with van der Waals surface area (Å²) in [6, 6.07) is 9.13. The minimum absolute atomic E-state index is 0.385. The van der Waals surface area contributed by atoms with Gasteiger partial charge >= 0.3 is 12.1 Å². The Hall–Kier alpha value is -2.24. The Morgan fingerprint density at radius 3 is 2.35 bits per heavy atom. The molecule has 126 valence electrons. The number of carbonyl (C=O) groups is 2. The summed E-state index contributed by atoms with van der Waals surface area (Å²) in [6.07, 6.45) is -0.486. The number of hydrogen-bond donors (Lipinski definition) is 0. The Balaban J connectivity index is 2.16. The van der Waals surface area contributed by atoms with E-state index in [4.69, 9.17) is 9.47 Å². The molecule has 1 fully saturated rings. The predicted octanol–water partition coefficient (Wildman–Crippen LogP) is 2.29. The molecule has 1 aromatic rings. The van der Waals surface area contributed by atoms with Crippen molar-refractivity contribution in [1.29, 1.82) is 0 Å². The molecule has 0 aliphatic carbocycles. The average molecular weight is 320 g/mol. The van der Waals surface area contributed by atoms with Crippen molar-refractivity contribution in [3.8, 4) is 0 Å². The number of amides is 1. The highest BCUT2D eigenvalue weighted by Crippen LogP contribution is 2.21. The smallest absolute Gasteiger partial charge is 0.411 e. The van der Waals surface area contributed by atoms with Crippen molar-refractivity contribution < 1.29 is 19.1 Å². The number of para-hydroxylation sites is 1. The second-order valence-electron chi connectivity index (χ2n) is 6.49. The molecule has 1 aromatic carbocycles. The van der Waals surface area contributed by atoms with Crippen molar-refractivity contribution in [3.63, 3.8) is 0 Å². The van der Waals surface area contributed by atoms with Gasteiger partial charge in [-0.1, -0.05) is 18.2 Å². The molecule has 1 amide bonds. The number of ether oxygens (including phenoxy) is 2. The van der Waals surface area contributed by atoms with Gasteiger partial charge in [0.15, 0.2) is 6.04 Å². The normalized spacial score (nSPS) is 18.5. The van der Waals surface area contributed by atoms with Gasteiger partial charge in [0.2, 0.25) is 0 Å². The van der Waals surface area contributed by atoms with Gasteiger partial charge in [-0.25, -0.2) is 9.59 Å². The van der Waals surface area contributed by atoms with Gasteiger partial charge in [-0.05, 0) is 32.9 Å². The largest absolute Gasteiger partial charge is 0.467 e. The highest BCUT2D eigenvalue weighted by molar-refractivity contribution is 5.82. The van der Waals surface area contributed by atoms with Crippen molar-refractivity contribution in [1.82, 2.24) is 4.90 Å². The number of piperazine rings is 1. The molecule has 1 aliphatic rings. The lowest BCUT2D eigenvalue weighted by molar-refractivity contribution is -0.147. The zero-order valence-electron chi connectivity index (χ0n) is 14.1. The summed E-state index contributed by atoms with van der Waals surface area (Å²) < 4.78 is 10.3. The monoisotopic (exact) mass is 320 g/mol. The SMILES string of the molecule is COC(=O)[C@H]1CN(c2ccccc2)CCN1C(=O)OC(C)(C)C. The number of rotatable bonds is 2. The number of benzene rings is 1. The third-order valence-electron chi connectivity index (χ3n) is 3.60. The van der Waals surface area contributed by atoms with E-state index in [1.54, 1.807) is 20.8 Å². The molecule has 2 rings (SSSR count). The molecule has 0 radical (unpaired) electrons. The molecule has 1 atom stereocenters. The molecule has 0 saturated carbocycles. The summed E-state index contributed by atoms with van der Waals surface area (Å²) in [4.78, 5) is 28.0. The molecule has 1 saturated heterocycles. The van der Waals surface area contributed by atoms with Crippen LogP contribution in [0, 0.1) is 0 Å². The maximum absolute atomic E-state index is 12.4. The lowest BCUT2D eigenvalue weighted by Crippen LogP contribution is -2.59. The molecular weight excluding hydrogens is 296 g/mol. The lowest BCUT2D eigenvalue weighted by Gasteiger charge is -2.41. The minimum atomic E-state index is -0.677. The summed E-state index contributed by atoms with van der Waals surface area (Å²) in [6.45, 7) is 6.84. The maximum atomic E-state index is 12.4. The van der Waals surface area contributed by atoms with Crippen LogP contribution in [-0.4, -0.2) is 55.3 Å². The Morgan fingerprint density at radius 2 is 1.78 bits per heavy atom. The van der Waals surface area contributed by atoms with Crippen LogP contribution >= 0.6 is 0 Å². The highest BCUT2D eigenvalue weighted by atomic mass is 16.6. The van der Waals surface area contributed by atoms with Crippen molar-refractivity contribution in [2.45, 2.75) is 32.4 Å². The molecule has 6 heteroatoms. The van der Waals surface area contributed by atoms with E-state index < -0.39 is 23.7 Å². The number of hydrogen-bond acceptors (Lipinski definition) is 5. The number of methoxy groups -OCH3 is 1. The Morgan fingerprint density at radius 1 is 1.13 bits per heavy atom. The second-order valence-corrected chi connectivity index (χ2v) is 6.49. The highest BCUT2D eigenvalue weighted by Gasteiger charge is 2.38. The molecule has 0 bridgehead atoms. The van der Waals surface area contributed by atoms with E-state index in [0.29, 0.717) is 19.6 Å². The predicted molar refractivity (Wildman–Crippen MR) is 87.4 cm³/mol. The zero-order valence-corrected chi connectivity index (χ0v) is 14.1. The van der Waals surface area contributed by atoms with Crippen molar-refractivity contribution >= 4 is 17.7 Å². The first-order valence-corrected chi connectivity index (χ1v) is 7.69. The summed E-state index contributed by atoms with van der Waals surface area (Å²) >= 11 is 0. The van der Waals surface area contributed by atoms with E-state index in [-0.39, 0.29) is 0 Å². The molecule has 0 unspecified atom stereocenters. The molecule has 0 spiro atoms. The van der Waals surface area contributed by atoms with Crippen LogP contribution in [0.4, 0.5) is 10.5 Å². The van der Waals surface area contributed by atoms with Gasteiger partial charge < -0.3 is 14.4 Å². The Bertz CT molecular complexity index is 553. The molecule has 0 N–H and O–H groups in total. The summed E-state index contributed by atoms with van der Waals surface area (Å²) in [5.41, 5.74) is 0.416. The van der Waals surface area contributed by atoms with Gasteiger partial charge in [-0.2, -0.15) is 0 Å². The van der Waals surface area contributed by atoms with Crippen LogP contribution in [0.25, 0.3) is 0 Å². The fraction of sp³-hybridized carbons (Fsp3) is 0.529. The van der Waals surface area contributed by atoms with E-state index in [0.717, 1.165) is 5.69 Å². The van der Waals surface area contributed by atoms with Crippen LogP contribution in [0.5, 0.6) is 0 Å². The molecule has 1 heterocycles. The third kappa shape index (κ3) is 4.37. The Kier molecular flexibility index (Phi) is 5.13. The van der Waals surface area contributed by atoms with Gasteiger partial charge in [0.25, 0.3) is 0 Å². The van der Waals surface area contributed by atoms with Crippen LogP contribution in [0.3, 0.4) is 0 Å². The number of carbonyl (C=O) groups excluding carboxylic acids is 2. The van der Waals surface area contributed by atoms with E-state index in [1.807, 2.05) is 30.3 Å². The van der Waals surface area contributed by atoms with E-state index in [1.165, 1.54) is 12.0 Å². The summed E-state index contributed by atoms with van der Waals surface area (Å²) in [5, 5.41) is 0.